The van der Waals surface area contributed by atoms with Crippen molar-refractivity contribution < 1.29 is 4.42 Å². The minimum atomic E-state index is 0.914. The maximum Gasteiger partial charge on any atom is 0.143 e. The maximum absolute atomic E-state index is 6.84. The molecule has 0 bridgehead atoms. The maximum atomic E-state index is 6.84. The Morgan fingerprint density at radius 3 is 1.45 bits per heavy atom. The second kappa shape index (κ2) is 11.8. The first kappa shape index (κ1) is 29.7. The molecular formula is C52H32O. The van der Waals surface area contributed by atoms with Crippen molar-refractivity contribution in [1.82, 2.24) is 0 Å². The third kappa shape index (κ3) is 4.64. The van der Waals surface area contributed by atoms with Gasteiger partial charge in [0.1, 0.15) is 11.2 Å². The average Bonchev–Trinajstić information content (AvgIpc) is 3.64. The smallest absolute Gasteiger partial charge is 0.143 e. The zero-order chi connectivity index (χ0) is 34.9. The second-order valence-corrected chi connectivity index (χ2v) is 14.0. The van der Waals surface area contributed by atoms with Gasteiger partial charge in [-0.15, -0.1) is 0 Å². The van der Waals surface area contributed by atoms with Gasteiger partial charge in [0.05, 0.1) is 0 Å². The topological polar surface area (TPSA) is 13.1 Å². The molecule has 0 amide bonds. The molecular weight excluding hydrogens is 641 g/mol. The molecule has 0 spiro atoms. The summed E-state index contributed by atoms with van der Waals surface area (Å²) in [5, 5.41) is 12.2. The molecule has 53 heavy (non-hydrogen) atoms. The van der Waals surface area contributed by atoms with E-state index in [1.165, 1.54) is 87.2 Å². The summed E-state index contributed by atoms with van der Waals surface area (Å²) in [5.41, 5.74) is 11.4. The summed E-state index contributed by atoms with van der Waals surface area (Å²) in [6.45, 7) is 0. The van der Waals surface area contributed by atoms with Crippen molar-refractivity contribution in [3.8, 4) is 44.5 Å². The summed E-state index contributed by atoms with van der Waals surface area (Å²) < 4.78 is 6.84. The lowest BCUT2D eigenvalue weighted by molar-refractivity contribution is 0.670. The molecule has 10 aromatic carbocycles. The summed E-state index contributed by atoms with van der Waals surface area (Å²) in [6, 6.07) is 70.4. The van der Waals surface area contributed by atoms with E-state index in [0.29, 0.717) is 0 Å². The van der Waals surface area contributed by atoms with Gasteiger partial charge in [-0.05, 0) is 100 Å². The molecule has 0 saturated carbocycles. The highest BCUT2D eigenvalue weighted by Crippen LogP contribution is 2.47. The molecule has 0 fully saturated rings. The molecule has 0 saturated heterocycles. The Hall–Kier alpha value is -6.96. The first-order valence-corrected chi connectivity index (χ1v) is 18.3. The molecule has 246 valence electrons. The quantitative estimate of drug-likeness (QED) is 0.170. The molecule has 1 aromatic heterocycles. The van der Waals surface area contributed by atoms with Gasteiger partial charge < -0.3 is 4.42 Å². The van der Waals surface area contributed by atoms with Crippen molar-refractivity contribution in [2.75, 3.05) is 0 Å². The summed E-state index contributed by atoms with van der Waals surface area (Å²) in [7, 11) is 0. The van der Waals surface area contributed by atoms with E-state index in [0.717, 1.165) is 22.3 Å². The molecule has 0 aliphatic carbocycles. The lowest BCUT2D eigenvalue weighted by atomic mass is 9.85. The molecule has 11 rings (SSSR count). The Labute approximate surface area is 307 Å². The van der Waals surface area contributed by atoms with E-state index in [4.69, 9.17) is 4.42 Å². The predicted molar refractivity (Wildman–Crippen MR) is 225 cm³/mol. The largest absolute Gasteiger partial charge is 0.455 e. The second-order valence-electron chi connectivity index (χ2n) is 14.0. The average molecular weight is 673 g/mol. The van der Waals surface area contributed by atoms with E-state index in [9.17, 15) is 0 Å². The summed E-state index contributed by atoms with van der Waals surface area (Å²) in [4.78, 5) is 0. The third-order valence-corrected chi connectivity index (χ3v) is 11.0. The van der Waals surface area contributed by atoms with Gasteiger partial charge in [-0.3, -0.25) is 0 Å². The standard InChI is InChI=1S/C52H32O/c1-2-13-33(14-3-1)34-25-27-36(28-26-34)48-42-21-8-10-23-44(42)49(45-24-11-9-22-43(45)48)39-18-12-17-37(31-39)46-32-38-16-5-7-20-41(38)51-50-40-19-6-4-15-35(40)29-30-47(50)53-52(46)51/h1-32H. The molecule has 1 heterocycles. The van der Waals surface area contributed by atoms with Crippen molar-refractivity contribution in [3.05, 3.63) is 194 Å². The van der Waals surface area contributed by atoms with E-state index >= 15 is 0 Å². The Morgan fingerprint density at radius 2 is 0.774 bits per heavy atom. The van der Waals surface area contributed by atoms with E-state index in [2.05, 4.69) is 194 Å². The molecule has 0 N–H and O–H groups in total. The SMILES string of the molecule is c1ccc(-c2ccc(-c3c4ccccc4c(-c4cccc(-c5cc6ccccc6c6c5oc5ccc7ccccc7c56)c4)c4ccccc34)cc2)cc1. The van der Waals surface area contributed by atoms with Gasteiger partial charge in [0, 0.05) is 16.3 Å². The lowest BCUT2D eigenvalue weighted by Crippen LogP contribution is -1.91. The van der Waals surface area contributed by atoms with Crippen LogP contribution in [0.4, 0.5) is 0 Å². The molecule has 0 radical (unpaired) electrons. The summed E-state index contributed by atoms with van der Waals surface area (Å²) >= 11 is 0. The van der Waals surface area contributed by atoms with Crippen molar-refractivity contribution in [2.24, 2.45) is 0 Å². The van der Waals surface area contributed by atoms with E-state index in [1.54, 1.807) is 0 Å². The zero-order valence-corrected chi connectivity index (χ0v) is 28.9. The Morgan fingerprint density at radius 1 is 0.283 bits per heavy atom. The first-order chi connectivity index (χ1) is 26.3. The predicted octanol–water partition coefficient (Wildman–Crippen LogP) is 14.9. The fourth-order valence-electron chi connectivity index (χ4n) is 8.65. The van der Waals surface area contributed by atoms with Crippen LogP contribution in [-0.4, -0.2) is 0 Å². The van der Waals surface area contributed by atoms with Gasteiger partial charge in [0.25, 0.3) is 0 Å². The van der Waals surface area contributed by atoms with Gasteiger partial charge in [0.15, 0.2) is 0 Å². The van der Waals surface area contributed by atoms with Crippen LogP contribution in [0.1, 0.15) is 0 Å². The van der Waals surface area contributed by atoms with Crippen molar-refractivity contribution in [1.29, 1.82) is 0 Å². The van der Waals surface area contributed by atoms with Crippen LogP contribution in [0.15, 0.2) is 199 Å². The zero-order valence-electron chi connectivity index (χ0n) is 28.9. The Balaban J connectivity index is 1.15. The van der Waals surface area contributed by atoms with Crippen LogP contribution in [0.2, 0.25) is 0 Å². The summed E-state index contributed by atoms with van der Waals surface area (Å²) in [5.74, 6) is 0. The van der Waals surface area contributed by atoms with Gasteiger partial charge in [-0.2, -0.15) is 0 Å². The normalized spacial score (nSPS) is 11.8. The number of fused-ring (bicyclic) bond motifs is 9. The van der Waals surface area contributed by atoms with Crippen LogP contribution in [0.5, 0.6) is 0 Å². The Kier molecular flexibility index (Phi) is 6.62. The van der Waals surface area contributed by atoms with Crippen molar-refractivity contribution in [3.63, 3.8) is 0 Å². The fraction of sp³-hybridized carbons (Fsp3) is 0. The number of hydrogen-bond acceptors (Lipinski definition) is 1. The third-order valence-electron chi connectivity index (χ3n) is 11.0. The lowest BCUT2D eigenvalue weighted by Gasteiger charge is -2.18. The van der Waals surface area contributed by atoms with Crippen LogP contribution >= 0.6 is 0 Å². The van der Waals surface area contributed by atoms with Gasteiger partial charge in [-0.25, -0.2) is 0 Å². The molecule has 0 atom stereocenters. The summed E-state index contributed by atoms with van der Waals surface area (Å²) in [6.07, 6.45) is 0. The van der Waals surface area contributed by atoms with Crippen molar-refractivity contribution in [2.45, 2.75) is 0 Å². The van der Waals surface area contributed by atoms with Crippen LogP contribution < -0.4 is 0 Å². The van der Waals surface area contributed by atoms with E-state index in [-0.39, 0.29) is 0 Å². The molecule has 0 unspecified atom stereocenters. The minimum absolute atomic E-state index is 0.914. The fourth-order valence-corrected chi connectivity index (χ4v) is 8.65. The number of rotatable bonds is 4. The van der Waals surface area contributed by atoms with Gasteiger partial charge >= 0.3 is 0 Å². The molecule has 11 aromatic rings. The van der Waals surface area contributed by atoms with Crippen LogP contribution in [0.3, 0.4) is 0 Å². The molecule has 0 aliphatic heterocycles. The molecule has 1 nitrogen and oxygen atoms in total. The monoisotopic (exact) mass is 672 g/mol. The van der Waals surface area contributed by atoms with Crippen LogP contribution in [0, 0.1) is 0 Å². The Bertz CT molecular complexity index is 3150. The number of furan rings is 1. The van der Waals surface area contributed by atoms with Crippen LogP contribution in [0.25, 0.3) is 110 Å². The van der Waals surface area contributed by atoms with E-state index in [1.807, 2.05) is 0 Å². The van der Waals surface area contributed by atoms with Crippen molar-refractivity contribution >= 4 is 65.0 Å². The highest BCUT2D eigenvalue weighted by Gasteiger charge is 2.20. The highest BCUT2D eigenvalue weighted by molar-refractivity contribution is 6.29. The van der Waals surface area contributed by atoms with Gasteiger partial charge in [0.2, 0.25) is 0 Å². The first-order valence-electron chi connectivity index (χ1n) is 18.3. The van der Waals surface area contributed by atoms with Crippen LogP contribution in [-0.2, 0) is 0 Å². The minimum Gasteiger partial charge on any atom is -0.455 e. The highest BCUT2D eigenvalue weighted by atomic mass is 16.3. The molecule has 1 heteroatoms. The number of hydrogen-bond donors (Lipinski definition) is 0. The number of benzene rings is 10. The van der Waals surface area contributed by atoms with E-state index < -0.39 is 0 Å². The van der Waals surface area contributed by atoms with Gasteiger partial charge in [-0.1, -0.05) is 176 Å². The molecule has 0 aliphatic rings.